The van der Waals surface area contributed by atoms with Crippen LogP contribution in [0.15, 0.2) is 36.5 Å². The molecular formula is C27H30N6O3S2. The number of hydrogen-bond acceptors (Lipinski definition) is 8. The zero-order valence-electron chi connectivity index (χ0n) is 21.1. The van der Waals surface area contributed by atoms with Crippen molar-refractivity contribution in [3.8, 4) is 10.4 Å². The second kappa shape index (κ2) is 10.6. The molecule has 2 saturated heterocycles. The zero-order chi connectivity index (χ0) is 26.2. The van der Waals surface area contributed by atoms with Crippen LogP contribution in [0.1, 0.15) is 57.5 Å². The predicted octanol–water partition coefficient (Wildman–Crippen LogP) is 3.08. The Kier molecular flexibility index (Phi) is 7.00. The number of thiophene rings is 1. The van der Waals surface area contributed by atoms with E-state index in [4.69, 9.17) is 0 Å². The van der Waals surface area contributed by atoms with Crippen molar-refractivity contribution in [3.63, 3.8) is 0 Å². The van der Waals surface area contributed by atoms with E-state index in [0.717, 1.165) is 53.5 Å². The third kappa shape index (κ3) is 5.11. The van der Waals surface area contributed by atoms with E-state index in [9.17, 15) is 14.4 Å². The number of thiazole rings is 1. The molecule has 0 aliphatic carbocycles. The largest absolute Gasteiger partial charge is 0.348 e. The quantitative estimate of drug-likeness (QED) is 0.375. The lowest BCUT2D eigenvalue weighted by Crippen LogP contribution is -2.48. The number of nitrogens with one attached hydrogen (secondary N) is 4. The fourth-order valence-corrected chi connectivity index (χ4v) is 7.16. The first-order valence-corrected chi connectivity index (χ1v) is 14.6. The van der Waals surface area contributed by atoms with Gasteiger partial charge < -0.3 is 26.2 Å². The van der Waals surface area contributed by atoms with Gasteiger partial charge in [-0.2, -0.15) is 0 Å². The van der Waals surface area contributed by atoms with Crippen LogP contribution in [0.5, 0.6) is 0 Å². The molecule has 9 nitrogen and oxygen atoms in total. The number of amides is 3. The van der Waals surface area contributed by atoms with Crippen LogP contribution in [-0.4, -0.2) is 59.8 Å². The first-order chi connectivity index (χ1) is 18.4. The molecule has 3 aromatic rings. The number of rotatable bonds is 6. The minimum Gasteiger partial charge on any atom is -0.348 e. The van der Waals surface area contributed by atoms with Crippen molar-refractivity contribution in [3.05, 3.63) is 57.5 Å². The summed E-state index contributed by atoms with van der Waals surface area (Å²) in [6.45, 7) is 5.20. The van der Waals surface area contributed by atoms with E-state index in [-0.39, 0.29) is 35.7 Å². The molecule has 38 heavy (non-hydrogen) atoms. The SMILES string of the molecule is CC(=O)NC1CNCc2cc(-c3cnc(C4CN(C(=O)c5ccc(NC(=O)[C@@H]6CCCN6)s5)C4)s3)ccc21. The molecule has 2 atom stereocenters. The van der Waals surface area contributed by atoms with Gasteiger partial charge in [-0.1, -0.05) is 12.1 Å². The zero-order valence-corrected chi connectivity index (χ0v) is 22.7. The maximum absolute atomic E-state index is 13.0. The number of hydrogen-bond donors (Lipinski definition) is 4. The highest BCUT2D eigenvalue weighted by molar-refractivity contribution is 7.18. The maximum Gasteiger partial charge on any atom is 0.264 e. The van der Waals surface area contributed by atoms with Crippen molar-refractivity contribution in [2.45, 2.75) is 44.3 Å². The molecule has 0 spiro atoms. The van der Waals surface area contributed by atoms with Gasteiger partial charge in [-0.15, -0.1) is 22.7 Å². The summed E-state index contributed by atoms with van der Waals surface area (Å²) < 4.78 is 0. The van der Waals surface area contributed by atoms with Gasteiger partial charge in [-0.25, -0.2) is 4.98 Å². The van der Waals surface area contributed by atoms with Crippen LogP contribution in [-0.2, 0) is 16.1 Å². The summed E-state index contributed by atoms with van der Waals surface area (Å²) in [6, 6.07) is 9.83. The van der Waals surface area contributed by atoms with E-state index < -0.39 is 0 Å². The number of anilines is 1. The predicted molar refractivity (Wildman–Crippen MR) is 148 cm³/mol. The van der Waals surface area contributed by atoms with Crippen LogP contribution in [0.2, 0.25) is 0 Å². The normalized spacial score (nSPS) is 21.0. The third-order valence-corrected chi connectivity index (χ3v) is 9.52. The van der Waals surface area contributed by atoms with Crippen molar-refractivity contribution in [1.29, 1.82) is 0 Å². The van der Waals surface area contributed by atoms with E-state index in [1.807, 2.05) is 17.2 Å². The lowest BCUT2D eigenvalue weighted by Gasteiger charge is -2.37. The minimum absolute atomic E-state index is 0.00145. The molecular weight excluding hydrogens is 520 g/mol. The van der Waals surface area contributed by atoms with Gasteiger partial charge >= 0.3 is 0 Å². The van der Waals surface area contributed by atoms with E-state index >= 15 is 0 Å². The fraction of sp³-hybridized carbons (Fsp3) is 0.407. The molecule has 11 heteroatoms. The number of nitrogens with zero attached hydrogens (tertiary/aromatic N) is 2. The molecule has 0 radical (unpaired) electrons. The molecule has 0 saturated carbocycles. The van der Waals surface area contributed by atoms with E-state index in [1.165, 1.54) is 16.9 Å². The highest BCUT2D eigenvalue weighted by atomic mass is 32.1. The Bertz CT molecular complexity index is 1370. The lowest BCUT2D eigenvalue weighted by atomic mass is 9.94. The molecule has 3 aliphatic rings. The highest BCUT2D eigenvalue weighted by Gasteiger charge is 2.35. The van der Waals surface area contributed by atoms with Gasteiger partial charge in [0.1, 0.15) is 0 Å². The van der Waals surface area contributed by atoms with Crippen LogP contribution < -0.4 is 21.3 Å². The van der Waals surface area contributed by atoms with E-state index in [2.05, 4.69) is 44.5 Å². The molecule has 5 heterocycles. The molecule has 3 amide bonds. The Balaban J connectivity index is 1.06. The van der Waals surface area contributed by atoms with Gasteiger partial charge in [0.25, 0.3) is 5.91 Å². The third-order valence-electron chi connectivity index (χ3n) is 7.33. The number of carbonyl (C=O) groups excluding carboxylic acids is 3. The van der Waals surface area contributed by atoms with Gasteiger partial charge in [0.05, 0.1) is 31.8 Å². The Morgan fingerprint density at radius 1 is 1.13 bits per heavy atom. The van der Waals surface area contributed by atoms with Crippen LogP contribution in [0.25, 0.3) is 10.4 Å². The minimum atomic E-state index is -0.144. The summed E-state index contributed by atoms with van der Waals surface area (Å²) in [6.07, 6.45) is 3.77. The van der Waals surface area contributed by atoms with Crippen molar-refractivity contribution >= 4 is 45.4 Å². The van der Waals surface area contributed by atoms with Gasteiger partial charge in [-0.3, -0.25) is 14.4 Å². The second-order valence-corrected chi connectivity index (χ2v) is 12.2. The Morgan fingerprint density at radius 3 is 2.79 bits per heavy atom. The maximum atomic E-state index is 13.0. The van der Waals surface area contributed by atoms with Gasteiger partial charge in [0.2, 0.25) is 11.8 Å². The Hall–Kier alpha value is -3.12. The number of fused-ring (bicyclic) bond motifs is 1. The number of likely N-dealkylation sites (tertiary alicyclic amines) is 1. The molecule has 0 bridgehead atoms. The van der Waals surface area contributed by atoms with E-state index in [0.29, 0.717) is 23.0 Å². The molecule has 3 aliphatic heterocycles. The average molecular weight is 551 g/mol. The molecule has 1 aromatic carbocycles. The Morgan fingerprint density at radius 2 is 2.00 bits per heavy atom. The van der Waals surface area contributed by atoms with Crippen LogP contribution >= 0.6 is 22.7 Å². The summed E-state index contributed by atoms with van der Waals surface area (Å²) in [5.74, 6) is 0.166. The average Bonchev–Trinajstić information content (AvgIpc) is 3.65. The smallest absolute Gasteiger partial charge is 0.264 e. The van der Waals surface area contributed by atoms with Crippen LogP contribution in [0.3, 0.4) is 0 Å². The van der Waals surface area contributed by atoms with E-state index in [1.54, 1.807) is 24.3 Å². The van der Waals surface area contributed by atoms with Gasteiger partial charge in [-0.05, 0) is 54.3 Å². The van der Waals surface area contributed by atoms with Crippen molar-refractivity contribution < 1.29 is 14.4 Å². The van der Waals surface area contributed by atoms with Crippen molar-refractivity contribution in [2.75, 3.05) is 31.5 Å². The molecule has 4 N–H and O–H groups in total. The summed E-state index contributed by atoms with van der Waals surface area (Å²) in [7, 11) is 0. The molecule has 6 rings (SSSR count). The summed E-state index contributed by atoms with van der Waals surface area (Å²) >= 11 is 3.00. The standard InChI is InChI=1S/C27H30N6O3S2/c1-15(34)31-21-11-28-10-17-9-16(4-5-19(17)21)23-12-30-26(38-23)18-13-33(14-18)27(36)22-6-7-24(37-22)32-25(35)20-3-2-8-29-20/h4-7,9,12,18,20-21,28-29H,2-3,8,10-11,13-14H2,1H3,(H,31,34)(H,32,35)/t20-,21?/m0/s1. The highest BCUT2D eigenvalue weighted by Crippen LogP contribution is 2.37. The van der Waals surface area contributed by atoms with Crippen LogP contribution in [0, 0.1) is 0 Å². The molecule has 2 fully saturated rings. The number of carbonyl (C=O) groups is 3. The molecule has 1 unspecified atom stereocenters. The lowest BCUT2D eigenvalue weighted by molar-refractivity contribution is -0.120. The summed E-state index contributed by atoms with van der Waals surface area (Å²) in [4.78, 5) is 45.1. The number of aromatic nitrogens is 1. The van der Waals surface area contributed by atoms with Gasteiger partial charge in [0, 0.05) is 45.2 Å². The first kappa shape index (κ1) is 25.2. The summed E-state index contributed by atoms with van der Waals surface area (Å²) in [5.41, 5.74) is 3.46. The first-order valence-electron chi connectivity index (χ1n) is 12.9. The summed E-state index contributed by atoms with van der Waals surface area (Å²) in [5, 5.41) is 14.3. The van der Waals surface area contributed by atoms with Gasteiger partial charge in [0.15, 0.2) is 0 Å². The number of benzene rings is 1. The van der Waals surface area contributed by atoms with Crippen LogP contribution in [0.4, 0.5) is 5.00 Å². The molecule has 2 aromatic heterocycles. The van der Waals surface area contributed by atoms with Crippen molar-refractivity contribution in [1.82, 2.24) is 25.8 Å². The second-order valence-electron chi connectivity index (χ2n) is 10.1. The fourth-order valence-electron chi connectivity index (χ4n) is 5.29. The Labute approximate surface area is 229 Å². The molecule has 198 valence electrons. The van der Waals surface area contributed by atoms with Crippen molar-refractivity contribution in [2.24, 2.45) is 0 Å². The topological polar surface area (TPSA) is 115 Å². The monoisotopic (exact) mass is 550 g/mol.